The van der Waals surface area contributed by atoms with Crippen molar-refractivity contribution in [2.75, 3.05) is 24.9 Å². The highest BCUT2D eigenvalue weighted by molar-refractivity contribution is 6.07. The van der Waals surface area contributed by atoms with Gasteiger partial charge in [0.15, 0.2) is 0 Å². The molecule has 10 nitrogen and oxygen atoms in total. The van der Waals surface area contributed by atoms with Crippen LogP contribution in [0.25, 0.3) is 0 Å². The van der Waals surface area contributed by atoms with Crippen LogP contribution in [0.4, 0.5) is 29.1 Å². The fraction of sp³-hybridized carbons (Fsp3) is 0.243. The van der Waals surface area contributed by atoms with Gasteiger partial charge in [-0.2, -0.15) is 13.2 Å². The molecule has 2 aromatic heterocycles. The number of hydrogen-bond donors (Lipinski definition) is 2. The minimum absolute atomic E-state index is 0.0104. The van der Waals surface area contributed by atoms with Crippen molar-refractivity contribution in [2.24, 2.45) is 0 Å². The molecule has 5 rings (SSSR count). The molecule has 0 bridgehead atoms. The number of halogens is 4. The summed E-state index contributed by atoms with van der Waals surface area (Å²) < 4.78 is 72.3. The highest BCUT2D eigenvalue weighted by atomic mass is 19.4. The predicted octanol–water partition coefficient (Wildman–Crippen LogP) is 9.31. The van der Waals surface area contributed by atoms with Crippen LogP contribution >= 0.6 is 0 Å². The predicted molar refractivity (Wildman–Crippen MR) is 182 cm³/mol. The Morgan fingerprint density at radius 3 is 2.04 bits per heavy atom. The number of alkyl halides is 3. The van der Waals surface area contributed by atoms with Gasteiger partial charge >= 0.3 is 6.18 Å². The molecule has 0 saturated carbocycles. The Morgan fingerprint density at radius 1 is 0.804 bits per heavy atom. The number of benzene rings is 3. The highest BCUT2D eigenvalue weighted by Gasteiger charge is 2.31. The van der Waals surface area contributed by atoms with E-state index >= 15 is 0 Å². The Kier molecular flexibility index (Phi) is 12.4. The van der Waals surface area contributed by atoms with Crippen molar-refractivity contribution in [3.05, 3.63) is 119 Å². The Morgan fingerprint density at radius 2 is 1.43 bits per heavy atom. The largest absolute Gasteiger partial charge is 0.496 e. The highest BCUT2D eigenvalue weighted by Crippen LogP contribution is 2.34. The third kappa shape index (κ3) is 9.84. The molecule has 0 aliphatic heterocycles. The number of pyridine rings is 1. The van der Waals surface area contributed by atoms with E-state index in [2.05, 4.69) is 41.5 Å². The zero-order valence-electron chi connectivity index (χ0n) is 28.4. The number of nitrogens with one attached hydrogen (secondary N) is 2. The topological polar surface area (TPSA) is 125 Å². The molecule has 0 spiro atoms. The minimum Gasteiger partial charge on any atom is -0.496 e. The first-order chi connectivity index (χ1) is 24.3. The van der Waals surface area contributed by atoms with Crippen LogP contribution in [0, 0.1) is 5.82 Å². The first-order valence-electron chi connectivity index (χ1n) is 15.7. The lowest BCUT2D eigenvalue weighted by Crippen LogP contribution is -2.19. The average Bonchev–Trinajstić information content (AvgIpc) is 3.61. The molecule has 0 fully saturated rings. The lowest BCUT2D eigenvalue weighted by atomic mass is 9.81. The molecule has 0 aliphatic rings. The molecule has 2 heterocycles. The molecular formula is C37H36F4N4O6. The van der Waals surface area contributed by atoms with Gasteiger partial charge in [-0.05, 0) is 73.5 Å². The molecule has 0 radical (unpaired) electrons. The maximum atomic E-state index is 12.9. The molecule has 14 heteroatoms. The number of anilines is 2. The summed E-state index contributed by atoms with van der Waals surface area (Å²) in [4.78, 5) is 28.8. The molecule has 0 saturated heterocycles. The summed E-state index contributed by atoms with van der Waals surface area (Å²) in [5, 5.41) is 9.36. The monoisotopic (exact) mass is 708 g/mol. The van der Waals surface area contributed by atoms with Gasteiger partial charge in [0, 0.05) is 23.2 Å². The van der Waals surface area contributed by atoms with E-state index in [1.165, 1.54) is 68.8 Å². The molecule has 51 heavy (non-hydrogen) atoms. The number of rotatable bonds is 11. The van der Waals surface area contributed by atoms with Crippen LogP contribution in [0.1, 0.15) is 65.7 Å². The number of ether oxygens (including phenoxy) is 3. The van der Waals surface area contributed by atoms with E-state index in [1.807, 2.05) is 0 Å². The molecule has 0 unspecified atom stereocenters. The Labute approximate surface area is 291 Å². The van der Waals surface area contributed by atoms with Gasteiger partial charge in [0.1, 0.15) is 34.3 Å². The molecule has 3 aromatic carbocycles. The second kappa shape index (κ2) is 16.7. The van der Waals surface area contributed by atoms with Gasteiger partial charge in [0.25, 0.3) is 11.8 Å². The number of hydrogen-bond acceptors (Lipinski definition) is 8. The van der Waals surface area contributed by atoms with Gasteiger partial charge in [-0.1, -0.05) is 44.1 Å². The molecule has 0 atom stereocenters. The van der Waals surface area contributed by atoms with Crippen molar-refractivity contribution >= 4 is 23.4 Å². The van der Waals surface area contributed by atoms with Crippen LogP contribution in [0.5, 0.6) is 23.1 Å². The van der Waals surface area contributed by atoms with Crippen molar-refractivity contribution in [1.82, 2.24) is 10.1 Å². The number of aromatic nitrogens is 2. The normalized spacial score (nSPS) is 11.2. The second-order valence-electron chi connectivity index (χ2n) is 11.3. The van der Waals surface area contributed by atoms with Gasteiger partial charge in [-0.15, -0.1) is 0 Å². The lowest BCUT2D eigenvalue weighted by Gasteiger charge is -2.22. The quantitative estimate of drug-likeness (QED) is 0.130. The van der Waals surface area contributed by atoms with Crippen molar-refractivity contribution < 1.29 is 45.9 Å². The Balaban J connectivity index is 0.000000230. The fourth-order valence-electron chi connectivity index (χ4n) is 4.66. The summed E-state index contributed by atoms with van der Waals surface area (Å²) in [6.07, 6.45) is -2.63. The summed E-state index contributed by atoms with van der Waals surface area (Å²) in [5.41, 5.74) is 0.569. The molecular weight excluding hydrogens is 672 g/mol. The van der Waals surface area contributed by atoms with E-state index < -0.39 is 23.5 Å². The third-order valence-electron chi connectivity index (χ3n) is 8.02. The molecule has 2 N–H and O–H groups in total. The van der Waals surface area contributed by atoms with Crippen LogP contribution in [-0.4, -0.2) is 36.2 Å². The maximum Gasteiger partial charge on any atom is 0.416 e. The maximum absolute atomic E-state index is 12.9. The van der Waals surface area contributed by atoms with E-state index in [4.69, 9.17) is 18.7 Å². The summed E-state index contributed by atoms with van der Waals surface area (Å²) >= 11 is 0. The van der Waals surface area contributed by atoms with Gasteiger partial charge in [0.05, 0.1) is 25.5 Å². The van der Waals surface area contributed by atoms with Crippen LogP contribution in [0.15, 0.2) is 95.5 Å². The van der Waals surface area contributed by atoms with Crippen LogP contribution in [0.3, 0.4) is 0 Å². The zero-order chi connectivity index (χ0) is 37.2. The van der Waals surface area contributed by atoms with Gasteiger partial charge in [-0.25, -0.2) is 9.37 Å². The van der Waals surface area contributed by atoms with Gasteiger partial charge in [-0.3, -0.25) is 14.9 Å². The Hall–Kier alpha value is -5.92. The van der Waals surface area contributed by atoms with Crippen molar-refractivity contribution in [3.63, 3.8) is 0 Å². The first-order valence-corrected chi connectivity index (χ1v) is 15.7. The molecule has 268 valence electrons. The van der Waals surface area contributed by atoms with Crippen LogP contribution < -0.4 is 24.8 Å². The minimum atomic E-state index is -4.50. The number of nitrogens with zero attached hydrogens (tertiary/aromatic N) is 2. The second-order valence-corrected chi connectivity index (χ2v) is 11.3. The van der Waals surface area contributed by atoms with E-state index in [1.54, 1.807) is 24.3 Å². The fourth-order valence-corrected chi connectivity index (χ4v) is 4.66. The van der Waals surface area contributed by atoms with Crippen LogP contribution in [-0.2, 0) is 11.6 Å². The number of methoxy groups -OCH3 is 2. The van der Waals surface area contributed by atoms with Gasteiger partial charge < -0.3 is 24.1 Å². The van der Waals surface area contributed by atoms with Crippen molar-refractivity contribution in [1.29, 1.82) is 0 Å². The summed E-state index contributed by atoms with van der Waals surface area (Å²) in [6.45, 7) is 6.34. The van der Waals surface area contributed by atoms with E-state index in [0.717, 1.165) is 30.7 Å². The Bertz CT molecular complexity index is 1920. The number of amides is 2. The summed E-state index contributed by atoms with van der Waals surface area (Å²) in [5.74, 6) is -0.330. The summed E-state index contributed by atoms with van der Waals surface area (Å²) in [7, 11) is 3.01. The first kappa shape index (κ1) is 37.9. The van der Waals surface area contributed by atoms with Crippen molar-refractivity contribution in [3.8, 4) is 23.1 Å². The molecule has 0 aliphatic carbocycles. The van der Waals surface area contributed by atoms with Gasteiger partial charge in [0.2, 0.25) is 11.8 Å². The molecule has 5 aromatic rings. The standard InChI is InChI=1S/C19H12F4N2O2.C18H24N2O4/c20-13-7-9-14(10-8-13)24-18(26)16-5-2-6-17(25-16)27-15-4-1-3-12(11-15)19(21,22)23;1-6-18(3,7-2)14-11-15(24-20-14)19-17(21)16-12(22-4)9-8-10-13(16)23-5/h1-11H,(H,24,26);8-11H,6-7H2,1-5H3,(H,19,21). The van der Waals surface area contributed by atoms with E-state index in [-0.39, 0.29) is 28.6 Å². The van der Waals surface area contributed by atoms with E-state index in [0.29, 0.717) is 28.6 Å². The van der Waals surface area contributed by atoms with E-state index in [9.17, 15) is 27.2 Å². The van der Waals surface area contributed by atoms with Crippen LogP contribution in [0.2, 0.25) is 0 Å². The third-order valence-corrected chi connectivity index (χ3v) is 8.02. The molecule has 2 amide bonds. The SMILES string of the molecule is CCC(C)(CC)c1cc(NC(=O)c2c(OC)cccc2OC)on1.O=C(Nc1ccc(F)cc1)c1cccc(Oc2cccc(C(F)(F)F)c2)n1. The zero-order valence-corrected chi connectivity index (χ0v) is 28.4. The smallest absolute Gasteiger partial charge is 0.416 e. The van der Waals surface area contributed by atoms with Crippen molar-refractivity contribution in [2.45, 2.75) is 45.2 Å². The lowest BCUT2D eigenvalue weighted by molar-refractivity contribution is -0.137. The summed E-state index contributed by atoms with van der Waals surface area (Å²) in [6, 6.07) is 20.7. The number of carbonyl (C=O) groups excluding carboxylic acids is 2. The average molecular weight is 709 g/mol. The number of carbonyl (C=O) groups is 2.